The summed E-state index contributed by atoms with van der Waals surface area (Å²) in [6.07, 6.45) is -2.45. The number of nitrogens with one attached hydrogen (secondary N) is 2. The van der Waals surface area contributed by atoms with Crippen molar-refractivity contribution in [2.45, 2.75) is 115 Å². The number of carboxylic acid groups (broad SMARTS) is 1. The predicted molar refractivity (Wildman–Crippen MR) is 228 cm³/mol. The van der Waals surface area contributed by atoms with E-state index in [0.29, 0.717) is 48.6 Å². The smallest absolute Gasteiger partial charge is 0.417 e. The van der Waals surface area contributed by atoms with Gasteiger partial charge in [-0.25, -0.2) is 8.42 Å². The van der Waals surface area contributed by atoms with Crippen LogP contribution in [0.2, 0.25) is 5.02 Å². The van der Waals surface area contributed by atoms with Gasteiger partial charge >= 0.3 is 12.1 Å². The Hall–Kier alpha value is -5.54. The second-order valence-corrected chi connectivity index (χ2v) is 19.5. The van der Waals surface area contributed by atoms with Gasteiger partial charge in [0.25, 0.3) is 0 Å². The number of hydrogen-bond donors (Lipinski definition) is 5. The van der Waals surface area contributed by atoms with E-state index in [9.17, 15) is 55.5 Å². The van der Waals surface area contributed by atoms with Crippen LogP contribution in [-0.2, 0) is 57.9 Å². The van der Waals surface area contributed by atoms with E-state index in [2.05, 4.69) is 15.7 Å². The number of nitrogens with zero attached hydrogens (tertiary/aromatic N) is 4. The molecule has 1 aliphatic heterocycles. The number of halogens is 4. The van der Waals surface area contributed by atoms with Crippen molar-refractivity contribution in [1.29, 1.82) is 0 Å². The average molecular weight is 939 g/mol. The molecular formula is C42H54ClF3N8O9S. The molecule has 22 heteroatoms. The van der Waals surface area contributed by atoms with Crippen LogP contribution in [-0.4, -0.2) is 105 Å². The van der Waals surface area contributed by atoms with Gasteiger partial charge in [-0.15, -0.1) is 0 Å². The normalized spacial score (nSPS) is 16.0. The predicted octanol–water partition coefficient (Wildman–Crippen LogP) is 3.71. The number of benzene rings is 2. The van der Waals surface area contributed by atoms with Gasteiger partial charge in [-0.2, -0.15) is 22.6 Å². The Bertz CT molecular complexity index is 2340. The molecule has 3 aromatic rings. The molecule has 0 spiro atoms. The molecule has 0 saturated carbocycles. The summed E-state index contributed by atoms with van der Waals surface area (Å²) in [5.74, 6) is -5.93. The Morgan fingerprint density at radius 2 is 1.69 bits per heavy atom. The number of aliphatic carboxylic acids is 1. The number of nitrogens with two attached hydrogens (primary N) is 2. The van der Waals surface area contributed by atoms with E-state index in [1.54, 1.807) is 55.9 Å². The van der Waals surface area contributed by atoms with Crippen molar-refractivity contribution in [2.75, 3.05) is 13.1 Å². The lowest BCUT2D eigenvalue weighted by Gasteiger charge is -2.36. The number of likely N-dealkylation sites (tertiary alicyclic amines) is 1. The molecule has 4 atom stereocenters. The molecule has 1 aliphatic rings. The van der Waals surface area contributed by atoms with Gasteiger partial charge in [-0.3, -0.25) is 33.4 Å². The molecule has 17 nitrogen and oxygen atoms in total. The number of hydrogen-bond acceptors (Lipinski definition) is 9. The Labute approximate surface area is 374 Å². The fourth-order valence-corrected chi connectivity index (χ4v) is 9.19. The second-order valence-electron chi connectivity index (χ2n) is 17.2. The zero-order chi connectivity index (χ0) is 47.9. The minimum atomic E-state index is -5.33. The maximum Gasteiger partial charge on any atom is 0.417 e. The van der Waals surface area contributed by atoms with Crippen LogP contribution < -0.4 is 22.1 Å². The number of carbonyl (C=O) groups excluding carboxylic acids is 5. The van der Waals surface area contributed by atoms with E-state index in [-0.39, 0.29) is 29.8 Å². The molecule has 64 heavy (non-hydrogen) atoms. The zero-order valence-corrected chi connectivity index (χ0v) is 37.6. The Morgan fingerprint density at radius 3 is 2.28 bits per heavy atom. The van der Waals surface area contributed by atoms with E-state index in [0.717, 1.165) is 5.56 Å². The van der Waals surface area contributed by atoms with Gasteiger partial charge in [0.05, 0.1) is 28.2 Å². The summed E-state index contributed by atoms with van der Waals surface area (Å²) >= 11 is 5.73. The van der Waals surface area contributed by atoms with Crippen molar-refractivity contribution < 1.29 is 55.5 Å². The standard InChI is InChI=1S/C42H54ClF3N8O9S/c1-24(2)21-52-22-27(20-49-52)26-9-6-8-25(16-26)17-32(38(58)51-37(41(3,4)5)39(59)53-15-7-10-28(53)18-35(48)56)50-36(57)23-54(33(40(60)61)13-14-34(47)55)64(62,63)29-11-12-31(43)30(19-29)42(44,45)46/h6,8-9,11-12,16,19-20,22,24,28,32-33,37H,7,10,13-15,17-18,21,23H2,1-5H3,(H2,47,55)(H2,48,56)(H,50,57)(H,51,58)(H,60,61)/t28-,32-,33-,37+/m0/s1. The van der Waals surface area contributed by atoms with E-state index in [4.69, 9.17) is 23.1 Å². The highest BCUT2D eigenvalue weighted by molar-refractivity contribution is 7.89. The maximum absolute atomic E-state index is 14.5. The number of amides is 5. The highest BCUT2D eigenvalue weighted by Crippen LogP contribution is 2.37. The van der Waals surface area contributed by atoms with Gasteiger partial charge in [-0.05, 0) is 59.9 Å². The third-order valence-electron chi connectivity index (χ3n) is 10.5. The maximum atomic E-state index is 14.5. The second kappa shape index (κ2) is 21.0. The third kappa shape index (κ3) is 13.5. The molecule has 0 radical (unpaired) electrons. The van der Waals surface area contributed by atoms with Crippen molar-refractivity contribution in [3.05, 3.63) is 71.0 Å². The summed E-state index contributed by atoms with van der Waals surface area (Å²) in [6.45, 7) is 8.68. The summed E-state index contributed by atoms with van der Waals surface area (Å²) < 4.78 is 71.8. The molecule has 7 N–H and O–H groups in total. The van der Waals surface area contributed by atoms with Crippen LogP contribution in [0.15, 0.2) is 59.8 Å². The summed E-state index contributed by atoms with van der Waals surface area (Å²) in [7, 11) is -5.33. The number of sulfonamides is 1. The van der Waals surface area contributed by atoms with Crippen molar-refractivity contribution in [2.24, 2.45) is 22.8 Å². The lowest BCUT2D eigenvalue weighted by molar-refractivity contribution is -0.142. The third-order valence-corrected chi connectivity index (χ3v) is 12.7. The average Bonchev–Trinajstić information content (AvgIpc) is 3.84. The molecule has 1 aromatic heterocycles. The van der Waals surface area contributed by atoms with Crippen molar-refractivity contribution in [3.63, 3.8) is 0 Å². The monoisotopic (exact) mass is 938 g/mol. The van der Waals surface area contributed by atoms with Gasteiger partial charge in [0, 0.05) is 50.2 Å². The van der Waals surface area contributed by atoms with Crippen LogP contribution in [0.25, 0.3) is 11.1 Å². The molecule has 4 rings (SSSR count). The van der Waals surface area contributed by atoms with Crippen molar-refractivity contribution >= 4 is 57.1 Å². The molecule has 2 heterocycles. The number of carbonyl (C=O) groups is 6. The molecule has 1 saturated heterocycles. The SMILES string of the molecule is CC(C)Cn1cc(-c2cccc(C[C@H](NC(=O)CN([C@@H](CCC(N)=O)C(=O)O)S(=O)(=O)c3ccc(Cl)c(C(F)(F)F)c3)C(=O)N[C@H](C(=O)N3CCC[C@H]3CC(N)=O)C(C)(C)C)c2)cn1. The molecule has 5 amide bonds. The van der Waals surface area contributed by atoms with E-state index >= 15 is 0 Å². The summed E-state index contributed by atoms with van der Waals surface area (Å²) in [6, 6.07) is 2.83. The number of aromatic nitrogens is 2. The van der Waals surface area contributed by atoms with Crippen LogP contribution in [0.3, 0.4) is 0 Å². The number of rotatable bonds is 20. The van der Waals surface area contributed by atoms with Crippen LogP contribution in [0.1, 0.15) is 77.8 Å². The molecule has 1 fully saturated rings. The van der Waals surface area contributed by atoms with Gasteiger partial charge < -0.3 is 32.1 Å². The van der Waals surface area contributed by atoms with E-state index in [1.165, 1.54) is 4.90 Å². The largest absolute Gasteiger partial charge is 0.480 e. The number of carboxylic acids is 1. The Balaban J connectivity index is 1.77. The molecule has 2 aromatic carbocycles. The lowest BCUT2D eigenvalue weighted by atomic mass is 9.85. The van der Waals surface area contributed by atoms with E-state index in [1.807, 2.05) is 20.0 Å². The fourth-order valence-electron chi connectivity index (χ4n) is 7.37. The van der Waals surface area contributed by atoms with Crippen molar-refractivity contribution in [3.8, 4) is 11.1 Å². The molecule has 0 unspecified atom stereocenters. The van der Waals surface area contributed by atoms with Gasteiger partial charge in [0.2, 0.25) is 39.6 Å². The van der Waals surface area contributed by atoms with Crippen LogP contribution >= 0.6 is 11.6 Å². The van der Waals surface area contributed by atoms with Gasteiger partial charge in [-0.1, -0.05) is 70.5 Å². The number of primary amides is 2. The van der Waals surface area contributed by atoms with Gasteiger partial charge in [0.15, 0.2) is 0 Å². The van der Waals surface area contributed by atoms with Crippen molar-refractivity contribution in [1.82, 2.24) is 29.6 Å². The first kappa shape index (κ1) is 51.1. The Kier molecular flexibility index (Phi) is 16.7. The minimum Gasteiger partial charge on any atom is -0.480 e. The van der Waals surface area contributed by atoms with Crippen LogP contribution in [0.5, 0.6) is 0 Å². The highest BCUT2D eigenvalue weighted by Gasteiger charge is 2.43. The zero-order valence-electron chi connectivity index (χ0n) is 36.0. The molecular weight excluding hydrogens is 885 g/mol. The van der Waals surface area contributed by atoms with Gasteiger partial charge in [0.1, 0.15) is 18.1 Å². The molecule has 350 valence electrons. The van der Waals surface area contributed by atoms with E-state index < -0.39 is 116 Å². The summed E-state index contributed by atoms with van der Waals surface area (Å²) in [5.41, 5.74) is 10.1. The van der Waals surface area contributed by atoms with Crippen LogP contribution in [0, 0.1) is 11.3 Å². The summed E-state index contributed by atoms with van der Waals surface area (Å²) in [4.78, 5) is 79.4. The first-order valence-corrected chi connectivity index (χ1v) is 22.2. The van der Waals surface area contributed by atoms with Crippen LogP contribution in [0.4, 0.5) is 13.2 Å². The fraction of sp³-hybridized carbons (Fsp3) is 0.500. The minimum absolute atomic E-state index is 0.105. The molecule has 0 aliphatic carbocycles. The quantitative estimate of drug-likeness (QED) is 0.110. The Morgan fingerprint density at radius 1 is 1.00 bits per heavy atom. The first-order chi connectivity index (χ1) is 29.7. The lowest BCUT2D eigenvalue weighted by Crippen LogP contribution is -2.60. The summed E-state index contributed by atoms with van der Waals surface area (Å²) in [5, 5.41) is 18.9. The first-order valence-electron chi connectivity index (χ1n) is 20.4. The molecule has 0 bridgehead atoms. The topological polar surface area (TPSA) is 257 Å². The number of alkyl halides is 3. The highest BCUT2D eigenvalue weighted by atomic mass is 35.5.